The topological polar surface area (TPSA) is 0 Å². The van der Waals surface area contributed by atoms with Gasteiger partial charge in [0.05, 0.1) is 0 Å². The zero-order valence-corrected chi connectivity index (χ0v) is 12.0. The minimum atomic E-state index is -4.59. The molecule has 0 amide bonds. The molecule has 1 aromatic rings. The van der Waals surface area contributed by atoms with Crippen LogP contribution in [0.3, 0.4) is 0 Å². The van der Waals surface area contributed by atoms with E-state index in [4.69, 9.17) is 11.1 Å². The number of halogens is 6. The Balaban J connectivity index is 2.74. The Hall–Kier alpha value is -0.623. The van der Waals surface area contributed by atoms with Gasteiger partial charge in [-0.2, -0.15) is 24.3 Å². The van der Waals surface area contributed by atoms with Crippen LogP contribution in [0, 0.1) is 0 Å². The van der Waals surface area contributed by atoms with Crippen LogP contribution in [-0.4, -0.2) is 19.1 Å². The van der Waals surface area contributed by atoms with Gasteiger partial charge >= 0.3 is 6.18 Å². The summed E-state index contributed by atoms with van der Waals surface area (Å²) in [5.41, 5.74) is -2.83. The highest BCUT2D eigenvalue weighted by Gasteiger charge is 2.52. The minimum Gasteiger partial charge on any atom is -0.210 e. The number of benzene rings is 1. The van der Waals surface area contributed by atoms with Gasteiger partial charge in [0, 0.05) is 12.8 Å². The molecule has 0 N–H and O–H groups in total. The molecule has 1 aromatic carbocycles. The Morgan fingerprint density at radius 3 is 2.00 bits per heavy atom. The monoisotopic (exact) mass is 316 g/mol. The molecule has 7 heteroatoms. The van der Waals surface area contributed by atoms with Crippen molar-refractivity contribution < 1.29 is 22.0 Å². The van der Waals surface area contributed by atoms with Crippen molar-refractivity contribution in [2.45, 2.75) is 37.2 Å². The van der Waals surface area contributed by atoms with Crippen molar-refractivity contribution in [2.75, 3.05) is 0 Å². The van der Waals surface area contributed by atoms with E-state index < -0.39 is 31.9 Å². The Morgan fingerprint density at radius 1 is 1.00 bits per heavy atom. The summed E-state index contributed by atoms with van der Waals surface area (Å²) in [6, 6.07) is 8.34. The average molecular weight is 317 g/mol. The molecule has 0 radical (unpaired) electrons. The molecule has 0 aliphatic carbocycles. The minimum absolute atomic E-state index is 0.0553. The molecule has 0 bridgehead atoms. The molecular weight excluding hydrogens is 303 g/mol. The summed E-state index contributed by atoms with van der Waals surface area (Å²) in [7, 11) is -3.63. The van der Waals surface area contributed by atoms with Crippen LogP contribution in [0.15, 0.2) is 30.3 Å². The highest BCUT2D eigenvalue weighted by atomic mass is 35.6. The van der Waals surface area contributed by atoms with Crippen LogP contribution in [0.25, 0.3) is 0 Å². The molecule has 108 valence electrons. The first-order chi connectivity index (χ1) is 8.54. The molecule has 0 saturated carbocycles. The highest BCUT2D eigenvalue weighted by molar-refractivity contribution is 7.20. The van der Waals surface area contributed by atoms with Gasteiger partial charge in [0.25, 0.3) is 0 Å². The zero-order chi connectivity index (χ0) is 14.7. The van der Waals surface area contributed by atoms with Crippen molar-refractivity contribution in [3.05, 3.63) is 35.9 Å². The fourth-order valence-corrected chi connectivity index (χ4v) is 4.32. The zero-order valence-electron chi connectivity index (χ0n) is 10.3. The second-order valence-electron chi connectivity index (χ2n) is 4.68. The van der Waals surface area contributed by atoms with Crippen molar-refractivity contribution in [2.24, 2.45) is 0 Å². The quantitative estimate of drug-likeness (QED) is 0.403. The van der Waals surface area contributed by atoms with Crippen LogP contribution in [-0.2, 0) is 6.04 Å². The first-order valence-corrected chi connectivity index (χ1v) is 9.43. The summed E-state index contributed by atoms with van der Waals surface area (Å²) in [4.78, 5) is 0. The van der Waals surface area contributed by atoms with Gasteiger partial charge in [0.2, 0.25) is 12.9 Å². The molecular formula is C12H14ClF5Si. The maximum absolute atomic E-state index is 13.8. The van der Waals surface area contributed by atoms with Crippen molar-refractivity contribution in [3.63, 3.8) is 0 Å². The van der Waals surface area contributed by atoms with E-state index in [1.807, 2.05) is 0 Å². The third-order valence-electron chi connectivity index (χ3n) is 2.86. The molecule has 0 fully saturated rings. The Morgan fingerprint density at radius 2 is 1.53 bits per heavy atom. The van der Waals surface area contributed by atoms with Gasteiger partial charge in [-0.1, -0.05) is 36.9 Å². The van der Waals surface area contributed by atoms with E-state index in [1.165, 1.54) is 6.55 Å². The lowest BCUT2D eigenvalue weighted by atomic mass is 10.2. The maximum Gasteiger partial charge on any atom is 0.389 e. The Labute approximate surface area is 114 Å². The maximum atomic E-state index is 13.8. The van der Waals surface area contributed by atoms with Crippen LogP contribution in [0.2, 0.25) is 6.55 Å². The predicted molar refractivity (Wildman–Crippen MR) is 67.9 cm³/mol. The van der Waals surface area contributed by atoms with Crippen molar-refractivity contribution in [3.8, 4) is 0 Å². The van der Waals surface area contributed by atoms with E-state index in [-0.39, 0.29) is 6.04 Å². The molecule has 1 unspecified atom stereocenters. The van der Waals surface area contributed by atoms with E-state index in [0.717, 1.165) is 0 Å². The number of hydrogen-bond acceptors (Lipinski definition) is 0. The standard InChI is InChI=1S/C12H14ClF5Si/c1-19(13,9-10-5-3-2-4-6-10)12(17,18)8-7-11(14,15)16/h2-6H,7-9H2,1H3. The average Bonchev–Trinajstić information content (AvgIpc) is 2.26. The molecule has 0 heterocycles. The smallest absolute Gasteiger partial charge is 0.210 e. The van der Waals surface area contributed by atoms with Crippen molar-refractivity contribution in [1.82, 2.24) is 0 Å². The second kappa shape index (κ2) is 5.79. The van der Waals surface area contributed by atoms with Gasteiger partial charge in [-0.25, -0.2) is 8.78 Å². The lowest BCUT2D eigenvalue weighted by Gasteiger charge is -2.30. The molecule has 1 rings (SSSR count). The van der Waals surface area contributed by atoms with Gasteiger partial charge < -0.3 is 0 Å². The van der Waals surface area contributed by atoms with Crippen LogP contribution < -0.4 is 0 Å². The second-order valence-corrected chi connectivity index (χ2v) is 10.7. The lowest BCUT2D eigenvalue weighted by molar-refractivity contribution is -0.144. The molecule has 0 aromatic heterocycles. The van der Waals surface area contributed by atoms with Gasteiger partial charge in [0.1, 0.15) is 0 Å². The van der Waals surface area contributed by atoms with E-state index in [9.17, 15) is 22.0 Å². The Kier molecular flexibility index (Phi) is 5.01. The van der Waals surface area contributed by atoms with Gasteiger partial charge in [-0.15, -0.1) is 0 Å². The first kappa shape index (κ1) is 16.4. The SMILES string of the molecule is C[Si](Cl)(Cc1ccccc1)C(F)(F)CCC(F)(F)F. The summed E-state index contributed by atoms with van der Waals surface area (Å²) in [5, 5.41) is 0. The predicted octanol–water partition coefficient (Wildman–Crippen LogP) is 5.10. The molecule has 0 aliphatic heterocycles. The van der Waals surface area contributed by atoms with Gasteiger partial charge in [-0.05, 0) is 11.6 Å². The van der Waals surface area contributed by atoms with Crippen LogP contribution in [0.4, 0.5) is 22.0 Å². The van der Waals surface area contributed by atoms with E-state index in [2.05, 4.69) is 0 Å². The fourth-order valence-electron chi connectivity index (χ4n) is 1.67. The molecule has 0 nitrogen and oxygen atoms in total. The summed E-state index contributed by atoms with van der Waals surface area (Å²) in [6.07, 6.45) is -7.34. The molecule has 0 aliphatic rings. The summed E-state index contributed by atoms with van der Waals surface area (Å²) in [5.74, 6) is 0. The third kappa shape index (κ3) is 5.10. The highest BCUT2D eigenvalue weighted by Crippen LogP contribution is 2.39. The normalized spacial score (nSPS) is 16.2. The number of hydrogen-bond donors (Lipinski definition) is 0. The van der Waals surface area contributed by atoms with Gasteiger partial charge in [-0.3, -0.25) is 0 Å². The van der Waals surface area contributed by atoms with E-state index >= 15 is 0 Å². The van der Waals surface area contributed by atoms with Crippen molar-refractivity contribution >= 4 is 18.5 Å². The fraction of sp³-hybridized carbons (Fsp3) is 0.500. The molecule has 19 heavy (non-hydrogen) atoms. The van der Waals surface area contributed by atoms with Crippen molar-refractivity contribution in [1.29, 1.82) is 0 Å². The third-order valence-corrected chi connectivity index (χ3v) is 6.94. The molecule has 1 atom stereocenters. The Bertz CT molecular complexity index is 402. The number of rotatable bonds is 5. The molecule has 0 saturated heterocycles. The van der Waals surface area contributed by atoms with Crippen LogP contribution in [0.1, 0.15) is 18.4 Å². The number of alkyl halides is 5. The van der Waals surface area contributed by atoms with Crippen LogP contribution in [0.5, 0.6) is 0 Å². The summed E-state index contributed by atoms with van der Waals surface area (Å²) in [6.45, 7) is 1.21. The van der Waals surface area contributed by atoms with Crippen LogP contribution >= 0.6 is 11.1 Å². The largest absolute Gasteiger partial charge is 0.389 e. The first-order valence-electron chi connectivity index (χ1n) is 5.71. The van der Waals surface area contributed by atoms with Gasteiger partial charge in [0.15, 0.2) is 0 Å². The lowest BCUT2D eigenvalue weighted by Crippen LogP contribution is -2.48. The van der Waals surface area contributed by atoms with E-state index in [1.54, 1.807) is 30.3 Å². The summed E-state index contributed by atoms with van der Waals surface area (Å²) < 4.78 is 63.8. The van der Waals surface area contributed by atoms with E-state index in [0.29, 0.717) is 5.56 Å². The molecule has 0 spiro atoms. The summed E-state index contributed by atoms with van der Waals surface area (Å²) >= 11 is 5.91.